The van der Waals surface area contributed by atoms with Crippen molar-refractivity contribution in [2.75, 3.05) is 19.7 Å². The molecule has 1 atom stereocenters. The fraction of sp³-hybridized carbons (Fsp3) is 0.480. The van der Waals surface area contributed by atoms with Gasteiger partial charge in [0.05, 0.1) is 11.0 Å². The van der Waals surface area contributed by atoms with E-state index in [9.17, 15) is 18.0 Å². The number of halogens is 3. The maximum absolute atomic E-state index is 13.6. The van der Waals surface area contributed by atoms with Gasteiger partial charge in [-0.05, 0) is 67.6 Å². The number of aromatic carboxylic acids is 1. The number of hydrogen-bond acceptors (Lipinski definition) is 3. The number of piperidine rings is 1. The number of hydrogen-bond donors (Lipinski definition) is 1. The van der Waals surface area contributed by atoms with E-state index < -0.39 is 17.6 Å². The van der Waals surface area contributed by atoms with Crippen molar-refractivity contribution in [1.82, 2.24) is 4.90 Å². The minimum atomic E-state index is -4.15. The van der Waals surface area contributed by atoms with E-state index in [-0.39, 0.29) is 31.0 Å². The minimum absolute atomic E-state index is 0.00758. The molecule has 2 aromatic carbocycles. The van der Waals surface area contributed by atoms with Crippen LogP contribution in [0.1, 0.15) is 48.9 Å². The summed E-state index contributed by atoms with van der Waals surface area (Å²) >= 11 is 0. The predicted molar refractivity (Wildman–Crippen MR) is 116 cm³/mol. The van der Waals surface area contributed by atoms with Crippen molar-refractivity contribution in [2.24, 2.45) is 5.41 Å². The van der Waals surface area contributed by atoms with Crippen molar-refractivity contribution in [1.29, 1.82) is 0 Å². The van der Waals surface area contributed by atoms with Crippen molar-refractivity contribution in [3.63, 3.8) is 0 Å². The number of nitrogens with zero attached hydrogens (tertiary/aromatic N) is 1. The number of likely N-dealkylation sites (tertiary alicyclic amines) is 1. The summed E-state index contributed by atoms with van der Waals surface area (Å²) in [7, 11) is 0. The smallest absolute Gasteiger partial charge is 0.395 e. The first kappa shape index (κ1) is 22.6. The molecule has 1 N–H and O–H groups in total. The van der Waals surface area contributed by atoms with E-state index in [0.29, 0.717) is 25.3 Å². The Morgan fingerprint density at radius 3 is 2.16 bits per heavy atom. The molecule has 1 unspecified atom stereocenters. The number of rotatable bonds is 7. The molecule has 7 heteroatoms. The van der Waals surface area contributed by atoms with Crippen molar-refractivity contribution < 1.29 is 27.8 Å². The lowest BCUT2D eigenvalue weighted by molar-refractivity contribution is -0.258. The zero-order chi connectivity index (χ0) is 22.8. The van der Waals surface area contributed by atoms with E-state index >= 15 is 0 Å². The van der Waals surface area contributed by atoms with Gasteiger partial charge in [-0.2, -0.15) is 13.2 Å². The molecule has 0 radical (unpaired) electrons. The number of benzene rings is 2. The van der Waals surface area contributed by atoms with Crippen LogP contribution in [-0.4, -0.2) is 47.9 Å². The van der Waals surface area contributed by atoms with Crippen molar-refractivity contribution in [2.45, 2.75) is 50.7 Å². The average molecular weight is 447 g/mol. The van der Waals surface area contributed by atoms with Crippen LogP contribution in [0.15, 0.2) is 48.5 Å². The molecular weight excluding hydrogens is 419 g/mol. The Bertz CT molecular complexity index is 921. The normalized spacial score (nSPS) is 21.0. The molecule has 2 aliphatic rings. The Kier molecular flexibility index (Phi) is 6.47. The van der Waals surface area contributed by atoms with Crippen LogP contribution in [-0.2, 0) is 0 Å². The molecule has 0 amide bonds. The van der Waals surface area contributed by atoms with E-state index in [1.807, 2.05) is 29.2 Å². The zero-order valence-corrected chi connectivity index (χ0v) is 17.9. The standard InChI is InChI=1S/C25H28F3NO3/c26-25(27,28)24(13-3-14-24)17-29-15-2-1-4-21(29)16-32-22-11-9-19(10-12-22)18-5-7-20(8-6-18)23(30)31/h5-12,21H,1-4,13-17H2,(H,30,31). The zero-order valence-electron chi connectivity index (χ0n) is 17.9. The lowest BCUT2D eigenvalue weighted by atomic mass is 9.67. The van der Waals surface area contributed by atoms with Gasteiger partial charge in [-0.1, -0.05) is 37.1 Å². The molecule has 0 aromatic heterocycles. The predicted octanol–water partition coefficient (Wildman–Crippen LogP) is 6.02. The number of ether oxygens (including phenoxy) is 1. The molecule has 4 rings (SSSR count). The van der Waals surface area contributed by atoms with Crippen molar-refractivity contribution in [3.05, 3.63) is 54.1 Å². The van der Waals surface area contributed by atoms with Gasteiger partial charge in [0.15, 0.2) is 0 Å². The lowest BCUT2D eigenvalue weighted by Gasteiger charge is -2.48. The first-order valence-corrected chi connectivity index (χ1v) is 11.1. The van der Waals surface area contributed by atoms with E-state index in [4.69, 9.17) is 9.84 Å². The van der Waals surface area contributed by atoms with Crippen LogP contribution in [0.4, 0.5) is 13.2 Å². The Hall–Kier alpha value is -2.54. The highest BCUT2D eigenvalue weighted by molar-refractivity contribution is 5.88. The van der Waals surface area contributed by atoms with Gasteiger partial charge in [0.2, 0.25) is 0 Å². The van der Waals surface area contributed by atoms with Crippen molar-refractivity contribution >= 4 is 5.97 Å². The van der Waals surface area contributed by atoms with E-state index in [1.54, 1.807) is 24.3 Å². The third kappa shape index (κ3) is 4.77. The van der Waals surface area contributed by atoms with Gasteiger partial charge < -0.3 is 9.84 Å². The molecule has 2 fully saturated rings. The quantitative estimate of drug-likeness (QED) is 0.564. The highest BCUT2D eigenvalue weighted by Gasteiger charge is 2.59. The molecular formula is C25H28F3NO3. The minimum Gasteiger partial charge on any atom is -0.492 e. The second-order valence-corrected chi connectivity index (χ2v) is 8.97. The molecule has 0 bridgehead atoms. The topological polar surface area (TPSA) is 49.8 Å². The van der Waals surface area contributed by atoms with E-state index in [2.05, 4.69) is 0 Å². The fourth-order valence-corrected chi connectivity index (χ4v) is 4.72. The largest absolute Gasteiger partial charge is 0.492 e. The van der Waals surface area contributed by atoms with Crippen LogP contribution < -0.4 is 4.74 Å². The fourth-order valence-electron chi connectivity index (χ4n) is 4.72. The molecule has 0 spiro atoms. The van der Waals surface area contributed by atoms with Gasteiger partial charge in [0.1, 0.15) is 12.4 Å². The summed E-state index contributed by atoms with van der Waals surface area (Å²) in [4.78, 5) is 13.0. The Morgan fingerprint density at radius 2 is 1.62 bits per heavy atom. The lowest BCUT2D eigenvalue weighted by Crippen LogP contribution is -2.56. The van der Waals surface area contributed by atoms with Gasteiger partial charge in [0, 0.05) is 12.6 Å². The SMILES string of the molecule is O=C(O)c1ccc(-c2ccc(OCC3CCCCN3CC3(C(F)(F)F)CCC3)cc2)cc1. The highest BCUT2D eigenvalue weighted by Crippen LogP contribution is 2.53. The molecule has 2 aromatic rings. The summed E-state index contributed by atoms with van der Waals surface area (Å²) in [5, 5.41) is 9.01. The van der Waals surface area contributed by atoms with Crippen LogP contribution in [0.3, 0.4) is 0 Å². The molecule has 1 saturated carbocycles. The molecule has 1 heterocycles. The number of carbonyl (C=O) groups is 1. The summed E-state index contributed by atoms with van der Waals surface area (Å²) in [5.41, 5.74) is 0.532. The number of carboxylic acid groups (broad SMARTS) is 1. The highest BCUT2D eigenvalue weighted by atomic mass is 19.4. The third-order valence-electron chi connectivity index (χ3n) is 6.93. The molecule has 172 valence electrons. The summed E-state index contributed by atoms with van der Waals surface area (Å²) < 4.78 is 46.9. The molecule has 32 heavy (non-hydrogen) atoms. The molecule has 4 nitrogen and oxygen atoms in total. The number of alkyl halides is 3. The third-order valence-corrected chi connectivity index (χ3v) is 6.93. The van der Waals surface area contributed by atoms with Crippen LogP contribution in [0.25, 0.3) is 11.1 Å². The second-order valence-electron chi connectivity index (χ2n) is 8.97. The van der Waals surface area contributed by atoms with Crippen LogP contribution in [0.5, 0.6) is 5.75 Å². The number of carboxylic acids is 1. The summed E-state index contributed by atoms with van der Waals surface area (Å²) in [6, 6.07) is 14.1. The Morgan fingerprint density at radius 1 is 1.00 bits per heavy atom. The maximum Gasteiger partial charge on any atom is 0.395 e. The van der Waals surface area contributed by atoms with Crippen LogP contribution in [0.2, 0.25) is 0 Å². The van der Waals surface area contributed by atoms with Gasteiger partial charge in [0.25, 0.3) is 0 Å². The monoisotopic (exact) mass is 447 g/mol. The molecule has 1 saturated heterocycles. The van der Waals surface area contributed by atoms with Gasteiger partial charge in [-0.25, -0.2) is 4.79 Å². The van der Waals surface area contributed by atoms with E-state index in [1.165, 1.54) is 0 Å². The molecule has 1 aliphatic carbocycles. The Labute approximate surface area is 186 Å². The van der Waals surface area contributed by atoms with Gasteiger partial charge >= 0.3 is 12.1 Å². The summed E-state index contributed by atoms with van der Waals surface area (Å²) in [6.45, 7) is 1.15. The van der Waals surface area contributed by atoms with Crippen LogP contribution >= 0.6 is 0 Å². The summed E-state index contributed by atoms with van der Waals surface area (Å²) in [6.07, 6.45) is -0.242. The van der Waals surface area contributed by atoms with Crippen LogP contribution in [0, 0.1) is 5.41 Å². The van der Waals surface area contributed by atoms with E-state index in [0.717, 1.165) is 30.4 Å². The van der Waals surface area contributed by atoms with Gasteiger partial charge in [-0.15, -0.1) is 0 Å². The average Bonchev–Trinajstić information content (AvgIpc) is 2.75. The maximum atomic E-state index is 13.6. The first-order chi connectivity index (χ1) is 15.3. The molecule has 1 aliphatic heterocycles. The first-order valence-electron chi connectivity index (χ1n) is 11.1. The van der Waals surface area contributed by atoms with Gasteiger partial charge in [-0.3, -0.25) is 4.90 Å². The summed E-state index contributed by atoms with van der Waals surface area (Å²) in [5.74, 6) is -0.286. The second kappa shape index (κ2) is 9.14. The van der Waals surface area contributed by atoms with Crippen molar-refractivity contribution in [3.8, 4) is 16.9 Å². The Balaban J connectivity index is 1.37.